The fourth-order valence-electron chi connectivity index (χ4n) is 3.66. The number of aromatic amines is 1. The number of nitrogens with zero attached hydrogens (tertiary/aromatic N) is 2. The van der Waals surface area contributed by atoms with Crippen LogP contribution in [0.3, 0.4) is 0 Å². The number of thiophene rings is 1. The Morgan fingerprint density at radius 2 is 2.17 bits per heavy atom. The van der Waals surface area contributed by atoms with Crippen molar-refractivity contribution in [2.24, 2.45) is 0 Å². The molecule has 1 aliphatic rings. The first kappa shape index (κ1) is 19.0. The Labute approximate surface area is 176 Å². The van der Waals surface area contributed by atoms with E-state index in [9.17, 15) is 13.2 Å². The number of hydrogen-bond acceptors (Lipinski definition) is 6. The van der Waals surface area contributed by atoms with Gasteiger partial charge in [-0.3, -0.25) is 4.79 Å². The van der Waals surface area contributed by atoms with E-state index in [0.717, 1.165) is 22.4 Å². The molecule has 1 saturated heterocycles. The molecule has 4 aromatic rings. The second-order valence-electron chi connectivity index (χ2n) is 6.99. The van der Waals surface area contributed by atoms with Crippen LogP contribution >= 0.6 is 11.3 Å². The summed E-state index contributed by atoms with van der Waals surface area (Å²) in [7, 11) is -3.67. The largest absolute Gasteiger partial charge is 0.461 e. The van der Waals surface area contributed by atoms with Crippen molar-refractivity contribution in [1.29, 1.82) is 0 Å². The lowest BCUT2D eigenvalue weighted by molar-refractivity contribution is -0.119. The average Bonchev–Trinajstić information content (AvgIpc) is 3.54. The molecule has 2 N–H and O–H groups in total. The molecule has 0 saturated carbocycles. The molecule has 30 heavy (non-hydrogen) atoms. The van der Waals surface area contributed by atoms with E-state index in [4.69, 9.17) is 4.42 Å². The van der Waals surface area contributed by atoms with Crippen molar-refractivity contribution < 1.29 is 17.6 Å². The highest BCUT2D eigenvalue weighted by Crippen LogP contribution is 2.30. The number of carbonyl (C=O) groups excluding carboxylic acids is 1. The van der Waals surface area contributed by atoms with Crippen molar-refractivity contribution in [2.75, 3.05) is 11.9 Å². The summed E-state index contributed by atoms with van der Waals surface area (Å²) in [5.74, 6) is 0.886. The molecule has 0 radical (unpaired) electrons. The Morgan fingerprint density at radius 3 is 2.93 bits per heavy atom. The summed E-state index contributed by atoms with van der Waals surface area (Å²) < 4.78 is 32.7. The Bertz CT molecular complexity index is 1290. The maximum atomic E-state index is 12.9. The Balaban J connectivity index is 1.37. The molecule has 1 aliphatic heterocycles. The topological polar surface area (TPSA) is 108 Å². The van der Waals surface area contributed by atoms with Gasteiger partial charge >= 0.3 is 0 Å². The summed E-state index contributed by atoms with van der Waals surface area (Å²) in [6, 6.07) is 11.4. The minimum absolute atomic E-state index is 0.256. The SMILES string of the molecule is O=C(Nc1ccc2nc(-c3ccco3)[nH]c2c1)C1CCCN1S(=O)(=O)c1cccs1. The molecular weight excluding hydrogens is 424 g/mol. The monoisotopic (exact) mass is 442 g/mol. The van der Waals surface area contributed by atoms with E-state index in [1.165, 1.54) is 4.31 Å². The summed E-state index contributed by atoms with van der Waals surface area (Å²) in [5, 5.41) is 4.57. The van der Waals surface area contributed by atoms with E-state index in [1.54, 1.807) is 48.0 Å². The molecule has 1 amide bonds. The number of rotatable bonds is 5. The lowest BCUT2D eigenvalue weighted by Crippen LogP contribution is -2.42. The van der Waals surface area contributed by atoms with E-state index < -0.39 is 16.1 Å². The Hall–Kier alpha value is -2.95. The zero-order chi connectivity index (χ0) is 20.7. The van der Waals surface area contributed by atoms with Gasteiger partial charge in [-0.2, -0.15) is 4.31 Å². The number of furan rings is 1. The number of amides is 1. The molecule has 3 aromatic heterocycles. The number of nitrogens with one attached hydrogen (secondary N) is 2. The fourth-order valence-corrected chi connectivity index (χ4v) is 6.43. The summed E-state index contributed by atoms with van der Waals surface area (Å²) in [4.78, 5) is 20.6. The van der Waals surface area contributed by atoms with E-state index in [2.05, 4.69) is 15.3 Å². The van der Waals surface area contributed by atoms with Crippen molar-refractivity contribution in [3.63, 3.8) is 0 Å². The minimum atomic E-state index is -3.67. The molecule has 1 fully saturated rings. The van der Waals surface area contributed by atoms with Gasteiger partial charge in [0.1, 0.15) is 10.3 Å². The number of sulfonamides is 1. The zero-order valence-corrected chi connectivity index (χ0v) is 17.4. The highest BCUT2D eigenvalue weighted by atomic mass is 32.2. The van der Waals surface area contributed by atoms with E-state index >= 15 is 0 Å². The molecule has 0 spiro atoms. The normalized spacial score (nSPS) is 17.5. The molecule has 0 aliphatic carbocycles. The van der Waals surface area contributed by atoms with Gasteiger partial charge in [0.15, 0.2) is 11.6 Å². The van der Waals surface area contributed by atoms with Crippen LogP contribution in [0.5, 0.6) is 0 Å². The van der Waals surface area contributed by atoms with Gasteiger partial charge in [0.25, 0.3) is 10.0 Å². The van der Waals surface area contributed by atoms with Gasteiger partial charge in [0, 0.05) is 12.2 Å². The molecule has 10 heteroatoms. The van der Waals surface area contributed by atoms with E-state index in [0.29, 0.717) is 36.7 Å². The first-order valence-corrected chi connectivity index (χ1v) is 11.7. The summed E-state index contributed by atoms with van der Waals surface area (Å²) in [5.41, 5.74) is 2.05. The van der Waals surface area contributed by atoms with Crippen molar-refractivity contribution in [2.45, 2.75) is 23.1 Å². The quantitative estimate of drug-likeness (QED) is 0.490. The predicted molar refractivity (Wildman–Crippen MR) is 114 cm³/mol. The van der Waals surface area contributed by atoms with Crippen molar-refractivity contribution in [1.82, 2.24) is 14.3 Å². The number of aromatic nitrogens is 2. The number of hydrogen-bond donors (Lipinski definition) is 2. The molecule has 8 nitrogen and oxygen atoms in total. The first-order valence-electron chi connectivity index (χ1n) is 9.42. The number of imidazole rings is 1. The molecule has 0 bridgehead atoms. The van der Waals surface area contributed by atoms with Crippen molar-refractivity contribution in [3.05, 3.63) is 54.1 Å². The van der Waals surface area contributed by atoms with Crippen LogP contribution in [0.2, 0.25) is 0 Å². The number of fused-ring (bicyclic) bond motifs is 1. The van der Waals surface area contributed by atoms with Crippen LogP contribution in [0.1, 0.15) is 12.8 Å². The highest BCUT2D eigenvalue weighted by Gasteiger charge is 2.39. The lowest BCUT2D eigenvalue weighted by atomic mass is 10.2. The average molecular weight is 443 g/mol. The smallest absolute Gasteiger partial charge is 0.253 e. The van der Waals surface area contributed by atoms with Gasteiger partial charge in [-0.1, -0.05) is 6.07 Å². The second-order valence-corrected chi connectivity index (χ2v) is 10.1. The lowest BCUT2D eigenvalue weighted by Gasteiger charge is -2.22. The maximum Gasteiger partial charge on any atom is 0.253 e. The Morgan fingerprint density at radius 1 is 1.27 bits per heavy atom. The van der Waals surface area contributed by atoms with E-state index in [-0.39, 0.29) is 10.1 Å². The summed E-state index contributed by atoms with van der Waals surface area (Å²) >= 11 is 1.16. The van der Waals surface area contributed by atoms with Gasteiger partial charge in [0.2, 0.25) is 5.91 Å². The van der Waals surface area contributed by atoms with Crippen LogP contribution in [-0.2, 0) is 14.8 Å². The van der Waals surface area contributed by atoms with Crippen LogP contribution in [0.25, 0.3) is 22.6 Å². The molecule has 1 unspecified atom stereocenters. The highest BCUT2D eigenvalue weighted by molar-refractivity contribution is 7.91. The van der Waals surface area contributed by atoms with Crippen molar-refractivity contribution >= 4 is 44.0 Å². The molecular formula is C20H18N4O4S2. The molecule has 1 atom stereocenters. The van der Waals surface area contributed by atoms with Crippen LogP contribution in [0.15, 0.2) is 62.7 Å². The molecule has 154 valence electrons. The van der Waals surface area contributed by atoms with Crippen molar-refractivity contribution in [3.8, 4) is 11.6 Å². The molecule has 5 rings (SSSR count). The molecule has 4 heterocycles. The molecule has 1 aromatic carbocycles. The third kappa shape index (κ3) is 3.32. The van der Waals surface area contributed by atoms with E-state index in [1.807, 2.05) is 6.07 Å². The zero-order valence-electron chi connectivity index (χ0n) is 15.7. The predicted octanol–water partition coefficient (Wildman–Crippen LogP) is 3.68. The minimum Gasteiger partial charge on any atom is -0.461 e. The van der Waals surface area contributed by atoms with Gasteiger partial charge in [-0.25, -0.2) is 13.4 Å². The van der Waals surface area contributed by atoms with Crippen LogP contribution in [-0.4, -0.2) is 41.2 Å². The third-order valence-electron chi connectivity index (χ3n) is 5.07. The standard InChI is InChI=1S/C20H18N4O4S2/c25-20(16-4-1-9-24(16)30(26,27)18-6-3-11-29-18)21-13-7-8-14-15(12-13)23-19(22-14)17-5-2-10-28-17/h2-3,5-8,10-12,16H,1,4,9H2,(H,21,25)(H,22,23). The van der Waals surface area contributed by atoms with Crippen LogP contribution in [0.4, 0.5) is 5.69 Å². The van der Waals surface area contributed by atoms with Gasteiger partial charge in [-0.15, -0.1) is 11.3 Å². The number of benzene rings is 1. The number of carbonyl (C=O) groups is 1. The Kier molecular flexibility index (Phi) is 4.69. The van der Waals surface area contributed by atoms with Gasteiger partial charge < -0.3 is 14.7 Å². The van der Waals surface area contributed by atoms with Gasteiger partial charge in [-0.05, 0) is 54.6 Å². The fraction of sp³-hybridized carbons (Fsp3) is 0.200. The second kappa shape index (κ2) is 7.38. The van der Waals surface area contributed by atoms with Crippen LogP contribution < -0.4 is 5.32 Å². The maximum absolute atomic E-state index is 12.9. The first-order chi connectivity index (χ1) is 14.5. The number of H-pyrrole nitrogens is 1. The third-order valence-corrected chi connectivity index (χ3v) is 8.35. The van der Waals surface area contributed by atoms with Gasteiger partial charge in [0.05, 0.1) is 17.3 Å². The van der Waals surface area contributed by atoms with Crippen LogP contribution in [0, 0.1) is 0 Å². The number of anilines is 1. The summed E-state index contributed by atoms with van der Waals surface area (Å²) in [6.45, 7) is 0.338. The summed E-state index contributed by atoms with van der Waals surface area (Å²) in [6.07, 6.45) is 2.71.